The van der Waals surface area contributed by atoms with Crippen LogP contribution in [-0.2, 0) is 0 Å². The second-order valence-corrected chi connectivity index (χ2v) is 4.75. The van der Waals surface area contributed by atoms with Crippen LogP contribution in [0.15, 0.2) is 18.2 Å². The number of hydrogen-bond donors (Lipinski definition) is 1. The Bertz CT molecular complexity index is 341. The highest BCUT2D eigenvalue weighted by Crippen LogP contribution is 2.27. The molecule has 0 saturated carbocycles. The van der Waals surface area contributed by atoms with Crippen LogP contribution in [0.2, 0.25) is 5.02 Å². The van der Waals surface area contributed by atoms with Gasteiger partial charge in [-0.2, -0.15) is 0 Å². The molecule has 0 aliphatic carbocycles. The monoisotopic (exact) mass is 244 g/mol. The van der Waals surface area contributed by atoms with Crippen molar-refractivity contribution in [3.05, 3.63) is 34.6 Å². The van der Waals surface area contributed by atoms with Gasteiger partial charge in [0.25, 0.3) is 0 Å². The van der Waals surface area contributed by atoms with Gasteiger partial charge in [0.05, 0.1) is 6.10 Å². The third-order valence-corrected chi connectivity index (χ3v) is 2.96. The number of benzene rings is 1. The van der Waals surface area contributed by atoms with E-state index in [4.69, 9.17) is 11.6 Å². The molecular weight excluding hydrogens is 227 g/mol. The Kier molecular flexibility index (Phi) is 5.23. The SMILES string of the molecule is CCCC(C)CC(O)c1ccc(Cl)cc1F. The standard InChI is InChI=1S/C13H18ClFO/c1-3-4-9(2)7-13(16)11-6-5-10(14)8-12(11)15/h5-6,8-9,13,16H,3-4,7H2,1-2H3. The third-order valence-electron chi connectivity index (χ3n) is 2.73. The van der Waals surface area contributed by atoms with E-state index in [1.807, 2.05) is 0 Å². The van der Waals surface area contributed by atoms with Gasteiger partial charge >= 0.3 is 0 Å². The summed E-state index contributed by atoms with van der Waals surface area (Å²) in [5, 5.41) is 10.3. The minimum atomic E-state index is -0.737. The van der Waals surface area contributed by atoms with Crippen LogP contribution in [-0.4, -0.2) is 5.11 Å². The Morgan fingerprint density at radius 1 is 1.44 bits per heavy atom. The molecule has 1 rings (SSSR count). The van der Waals surface area contributed by atoms with E-state index < -0.39 is 11.9 Å². The molecule has 0 fully saturated rings. The highest BCUT2D eigenvalue weighted by molar-refractivity contribution is 6.30. The predicted molar refractivity (Wildman–Crippen MR) is 65.1 cm³/mol. The third kappa shape index (κ3) is 3.76. The Balaban J connectivity index is 2.69. The molecule has 0 aromatic heterocycles. The summed E-state index contributed by atoms with van der Waals surface area (Å²) in [6.07, 6.45) is 1.98. The first kappa shape index (κ1) is 13.5. The minimum Gasteiger partial charge on any atom is -0.388 e. The van der Waals surface area contributed by atoms with Crippen LogP contribution in [0, 0.1) is 11.7 Å². The van der Waals surface area contributed by atoms with Crippen molar-refractivity contribution in [2.45, 2.75) is 39.2 Å². The molecule has 16 heavy (non-hydrogen) atoms. The highest BCUT2D eigenvalue weighted by Gasteiger charge is 2.15. The molecule has 0 amide bonds. The molecule has 1 nitrogen and oxygen atoms in total. The Morgan fingerprint density at radius 3 is 2.69 bits per heavy atom. The Morgan fingerprint density at radius 2 is 2.12 bits per heavy atom. The van der Waals surface area contributed by atoms with Gasteiger partial charge in [-0.05, 0) is 24.5 Å². The summed E-state index contributed by atoms with van der Waals surface area (Å²) in [7, 11) is 0. The van der Waals surface area contributed by atoms with Crippen molar-refractivity contribution in [3.8, 4) is 0 Å². The normalized spacial score (nSPS) is 14.8. The molecule has 1 N–H and O–H groups in total. The molecule has 0 heterocycles. The molecule has 0 aliphatic heterocycles. The topological polar surface area (TPSA) is 20.2 Å². The molecular formula is C13H18ClFO. The lowest BCUT2D eigenvalue weighted by molar-refractivity contribution is 0.141. The maximum absolute atomic E-state index is 13.5. The van der Waals surface area contributed by atoms with Crippen molar-refractivity contribution in [1.82, 2.24) is 0 Å². The van der Waals surface area contributed by atoms with Crippen LogP contribution in [0.5, 0.6) is 0 Å². The minimum absolute atomic E-state index is 0.340. The Labute approximate surface area is 101 Å². The van der Waals surface area contributed by atoms with E-state index in [-0.39, 0.29) is 0 Å². The molecule has 0 saturated heterocycles. The van der Waals surface area contributed by atoms with Gasteiger partial charge in [0.15, 0.2) is 0 Å². The van der Waals surface area contributed by atoms with Gasteiger partial charge in [-0.1, -0.05) is 44.4 Å². The van der Waals surface area contributed by atoms with E-state index in [0.29, 0.717) is 22.9 Å². The lowest BCUT2D eigenvalue weighted by Gasteiger charge is -2.16. The van der Waals surface area contributed by atoms with E-state index in [1.54, 1.807) is 12.1 Å². The van der Waals surface area contributed by atoms with Crippen molar-refractivity contribution in [3.63, 3.8) is 0 Å². The van der Waals surface area contributed by atoms with Crippen molar-refractivity contribution in [2.75, 3.05) is 0 Å². The summed E-state index contributed by atoms with van der Waals surface area (Å²) in [6.45, 7) is 4.17. The van der Waals surface area contributed by atoms with Gasteiger partial charge in [0.1, 0.15) is 5.82 Å². The van der Waals surface area contributed by atoms with Crippen LogP contribution in [0.1, 0.15) is 44.8 Å². The summed E-state index contributed by atoms with van der Waals surface area (Å²) in [6, 6.07) is 4.40. The second kappa shape index (κ2) is 6.21. The van der Waals surface area contributed by atoms with Gasteiger partial charge < -0.3 is 5.11 Å². The fraction of sp³-hybridized carbons (Fsp3) is 0.538. The van der Waals surface area contributed by atoms with Crippen molar-refractivity contribution in [1.29, 1.82) is 0 Å². The van der Waals surface area contributed by atoms with Crippen LogP contribution >= 0.6 is 11.6 Å². The second-order valence-electron chi connectivity index (χ2n) is 4.31. The largest absolute Gasteiger partial charge is 0.388 e. The van der Waals surface area contributed by atoms with Crippen LogP contribution in [0.3, 0.4) is 0 Å². The highest BCUT2D eigenvalue weighted by atomic mass is 35.5. The number of halogens is 2. The van der Waals surface area contributed by atoms with Gasteiger partial charge in [-0.25, -0.2) is 4.39 Å². The smallest absolute Gasteiger partial charge is 0.130 e. The maximum Gasteiger partial charge on any atom is 0.130 e. The summed E-state index contributed by atoms with van der Waals surface area (Å²) in [5.41, 5.74) is 0.340. The first-order chi connectivity index (χ1) is 7.54. The molecule has 3 heteroatoms. The molecule has 1 aromatic carbocycles. The molecule has 90 valence electrons. The van der Waals surface area contributed by atoms with E-state index >= 15 is 0 Å². The fourth-order valence-electron chi connectivity index (χ4n) is 1.89. The molecule has 0 bridgehead atoms. The summed E-state index contributed by atoms with van der Waals surface area (Å²) < 4.78 is 13.5. The molecule has 2 unspecified atom stereocenters. The number of rotatable bonds is 5. The zero-order chi connectivity index (χ0) is 12.1. The average molecular weight is 245 g/mol. The van der Waals surface area contributed by atoms with Crippen molar-refractivity contribution in [2.24, 2.45) is 5.92 Å². The fourth-order valence-corrected chi connectivity index (χ4v) is 2.05. The van der Waals surface area contributed by atoms with Crippen molar-refractivity contribution >= 4 is 11.6 Å². The van der Waals surface area contributed by atoms with Gasteiger partial charge in [-0.3, -0.25) is 0 Å². The van der Waals surface area contributed by atoms with E-state index in [9.17, 15) is 9.50 Å². The molecule has 2 atom stereocenters. The van der Waals surface area contributed by atoms with E-state index in [2.05, 4.69) is 13.8 Å². The average Bonchev–Trinajstić information content (AvgIpc) is 2.17. The summed E-state index contributed by atoms with van der Waals surface area (Å²) in [4.78, 5) is 0. The first-order valence-electron chi connectivity index (χ1n) is 5.67. The van der Waals surface area contributed by atoms with Gasteiger partial charge in [0, 0.05) is 10.6 Å². The Hall–Kier alpha value is -0.600. The number of hydrogen-bond acceptors (Lipinski definition) is 1. The zero-order valence-corrected chi connectivity index (χ0v) is 10.5. The van der Waals surface area contributed by atoms with Crippen molar-refractivity contribution < 1.29 is 9.50 Å². The van der Waals surface area contributed by atoms with E-state index in [1.165, 1.54) is 6.07 Å². The molecule has 0 spiro atoms. The van der Waals surface area contributed by atoms with Crippen LogP contribution in [0.25, 0.3) is 0 Å². The zero-order valence-electron chi connectivity index (χ0n) is 9.71. The quantitative estimate of drug-likeness (QED) is 0.817. The number of aliphatic hydroxyl groups is 1. The molecule has 0 aliphatic rings. The van der Waals surface area contributed by atoms with Crippen LogP contribution < -0.4 is 0 Å². The van der Waals surface area contributed by atoms with E-state index in [0.717, 1.165) is 12.8 Å². The first-order valence-corrected chi connectivity index (χ1v) is 6.05. The molecule has 1 aromatic rings. The summed E-state index contributed by atoms with van der Waals surface area (Å²) in [5.74, 6) is -0.0289. The lowest BCUT2D eigenvalue weighted by Crippen LogP contribution is -2.06. The van der Waals surface area contributed by atoms with Crippen LogP contribution in [0.4, 0.5) is 4.39 Å². The predicted octanol–water partition coefficient (Wildman–Crippen LogP) is 4.34. The van der Waals surface area contributed by atoms with Gasteiger partial charge in [-0.15, -0.1) is 0 Å². The molecule has 0 radical (unpaired) electrons. The lowest BCUT2D eigenvalue weighted by atomic mass is 9.95. The summed E-state index contributed by atoms with van der Waals surface area (Å²) >= 11 is 5.66. The number of aliphatic hydroxyl groups excluding tert-OH is 1. The van der Waals surface area contributed by atoms with Gasteiger partial charge in [0.2, 0.25) is 0 Å². The maximum atomic E-state index is 13.5.